The van der Waals surface area contributed by atoms with Crippen LogP contribution in [0.3, 0.4) is 0 Å². The molecule has 1 aromatic rings. The van der Waals surface area contributed by atoms with Gasteiger partial charge in [-0.25, -0.2) is 4.98 Å². The fraction of sp³-hybridized carbons (Fsp3) is 0.545. The molecule has 0 atom stereocenters. The van der Waals surface area contributed by atoms with Gasteiger partial charge in [0.05, 0.1) is 11.4 Å². The third kappa shape index (κ3) is 4.74. The average Bonchev–Trinajstić information content (AvgIpc) is 2.26. The second-order valence-electron chi connectivity index (χ2n) is 4.61. The van der Waals surface area contributed by atoms with Crippen molar-refractivity contribution in [3.8, 4) is 11.6 Å². The highest BCUT2D eigenvalue weighted by Crippen LogP contribution is 2.27. The van der Waals surface area contributed by atoms with E-state index in [0.717, 1.165) is 12.1 Å². The minimum atomic E-state index is -4.84. The van der Waals surface area contributed by atoms with Crippen molar-refractivity contribution in [3.05, 3.63) is 17.8 Å². The Morgan fingerprint density at radius 1 is 1.38 bits per heavy atom. The van der Waals surface area contributed by atoms with Crippen molar-refractivity contribution in [1.29, 1.82) is 0 Å². The van der Waals surface area contributed by atoms with Gasteiger partial charge in [0.25, 0.3) is 0 Å². The SMILES string of the molecule is Cc1nc(OS(=O)(=O)CC2CNC2)ccc1OC(F)(F)F. The summed E-state index contributed by atoms with van der Waals surface area (Å²) in [6.07, 6.45) is -4.84. The van der Waals surface area contributed by atoms with Crippen molar-refractivity contribution in [2.45, 2.75) is 13.3 Å². The van der Waals surface area contributed by atoms with Crippen LogP contribution in [0.15, 0.2) is 12.1 Å². The van der Waals surface area contributed by atoms with Crippen LogP contribution >= 0.6 is 0 Å². The topological polar surface area (TPSA) is 77.5 Å². The van der Waals surface area contributed by atoms with E-state index in [9.17, 15) is 21.6 Å². The first-order valence-electron chi connectivity index (χ1n) is 6.01. The summed E-state index contributed by atoms with van der Waals surface area (Å²) in [6.45, 7) is 2.44. The van der Waals surface area contributed by atoms with Gasteiger partial charge in [0, 0.05) is 25.1 Å². The van der Waals surface area contributed by atoms with Crippen LogP contribution in [-0.2, 0) is 10.1 Å². The number of ether oxygens (including phenoxy) is 1. The number of alkyl halides is 3. The van der Waals surface area contributed by atoms with Crippen LogP contribution in [0, 0.1) is 12.8 Å². The zero-order valence-electron chi connectivity index (χ0n) is 11.0. The molecule has 0 aliphatic carbocycles. The van der Waals surface area contributed by atoms with Crippen LogP contribution in [0.2, 0.25) is 0 Å². The van der Waals surface area contributed by atoms with Crippen LogP contribution < -0.4 is 14.2 Å². The smallest absolute Gasteiger partial charge is 0.404 e. The van der Waals surface area contributed by atoms with Crippen molar-refractivity contribution < 1.29 is 30.5 Å². The molecule has 1 aliphatic heterocycles. The number of halogens is 3. The molecule has 2 heterocycles. The van der Waals surface area contributed by atoms with Gasteiger partial charge in [0.2, 0.25) is 5.88 Å². The fourth-order valence-corrected chi connectivity index (χ4v) is 2.96. The molecule has 1 aromatic heterocycles. The molecule has 1 fully saturated rings. The Balaban J connectivity index is 2.05. The Morgan fingerprint density at radius 3 is 2.52 bits per heavy atom. The minimum Gasteiger partial charge on any atom is -0.404 e. The highest BCUT2D eigenvalue weighted by molar-refractivity contribution is 7.87. The summed E-state index contributed by atoms with van der Waals surface area (Å²) >= 11 is 0. The lowest BCUT2D eigenvalue weighted by molar-refractivity contribution is -0.275. The molecule has 0 amide bonds. The molecule has 6 nitrogen and oxygen atoms in total. The molecular formula is C11H13F3N2O4S. The molecule has 1 aliphatic rings. The van der Waals surface area contributed by atoms with Crippen molar-refractivity contribution in [1.82, 2.24) is 10.3 Å². The number of nitrogens with one attached hydrogen (secondary N) is 1. The Kier molecular flexibility index (Phi) is 4.28. The summed E-state index contributed by atoms with van der Waals surface area (Å²) in [6, 6.07) is 1.98. The second-order valence-corrected chi connectivity index (χ2v) is 6.23. The van der Waals surface area contributed by atoms with Crippen molar-refractivity contribution in [2.75, 3.05) is 18.8 Å². The summed E-state index contributed by atoms with van der Waals surface area (Å²) in [5.41, 5.74) is -0.120. The third-order valence-electron chi connectivity index (χ3n) is 2.76. The van der Waals surface area contributed by atoms with E-state index in [1.807, 2.05) is 0 Å². The summed E-state index contributed by atoms with van der Waals surface area (Å²) < 4.78 is 68.3. The van der Waals surface area contributed by atoms with Crippen molar-refractivity contribution in [3.63, 3.8) is 0 Å². The summed E-state index contributed by atoms with van der Waals surface area (Å²) in [7, 11) is -3.82. The lowest BCUT2D eigenvalue weighted by Crippen LogP contribution is -2.46. The monoisotopic (exact) mass is 326 g/mol. The Hall–Kier alpha value is -1.55. The number of aromatic nitrogens is 1. The van der Waals surface area contributed by atoms with Gasteiger partial charge < -0.3 is 14.2 Å². The normalized spacial score (nSPS) is 16.4. The molecule has 0 radical (unpaired) electrons. The molecule has 2 rings (SSSR count). The summed E-state index contributed by atoms with van der Waals surface area (Å²) in [5.74, 6) is -0.977. The van der Waals surface area contributed by atoms with Crippen LogP contribution in [0.4, 0.5) is 13.2 Å². The van der Waals surface area contributed by atoms with Crippen molar-refractivity contribution >= 4 is 10.1 Å². The van der Waals surface area contributed by atoms with E-state index in [4.69, 9.17) is 4.18 Å². The van der Waals surface area contributed by atoms with E-state index < -0.39 is 22.2 Å². The largest absolute Gasteiger partial charge is 0.573 e. The number of hydrogen-bond donors (Lipinski definition) is 1. The molecule has 10 heteroatoms. The predicted octanol–water partition coefficient (Wildman–Crippen LogP) is 1.22. The number of rotatable bonds is 5. The van der Waals surface area contributed by atoms with E-state index in [2.05, 4.69) is 15.0 Å². The average molecular weight is 326 g/mol. The Bertz CT molecular complexity index is 614. The highest BCUT2D eigenvalue weighted by Gasteiger charge is 2.32. The van der Waals surface area contributed by atoms with Crippen molar-refractivity contribution in [2.24, 2.45) is 5.92 Å². The Labute approximate surface area is 119 Å². The molecule has 0 unspecified atom stereocenters. The van der Waals surface area contributed by atoms with Gasteiger partial charge in [-0.15, -0.1) is 13.2 Å². The molecule has 21 heavy (non-hydrogen) atoms. The molecular weight excluding hydrogens is 313 g/mol. The first-order chi connectivity index (χ1) is 9.65. The van der Waals surface area contributed by atoms with E-state index in [-0.39, 0.29) is 23.2 Å². The molecule has 0 saturated carbocycles. The number of nitrogens with zero attached hydrogens (tertiary/aromatic N) is 1. The van der Waals surface area contributed by atoms with E-state index in [1.165, 1.54) is 6.92 Å². The summed E-state index contributed by atoms with van der Waals surface area (Å²) in [5, 5.41) is 2.93. The maximum atomic E-state index is 12.1. The fourth-order valence-electron chi connectivity index (χ4n) is 1.72. The first-order valence-corrected chi connectivity index (χ1v) is 7.59. The third-order valence-corrected chi connectivity index (χ3v) is 4.06. The van der Waals surface area contributed by atoms with Crippen LogP contribution in [0.1, 0.15) is 5.69 Å². The zero-order valence-corrected chi connectivity index (χ0v) is 11.8. The lowest BCUT2D eigenvalue weighted by atomic mass is 10.1. The van der Waals surface area contributed by atoms with Crippen LogP contribution in [0.5, 0.6) is 11.6 Å². The second kappa shape index (κ2) is 5.68. The molecule has 1 N–H and O–H groups in total. The van der Waals surface area contributed by atoms with Gasteiger partial charge in [-0.1, -0.05) is 0 Å². The van der Waals surface area contributed by atoms with Crippen LogP contribution in [-0.4, -0.2) is 38.6 Å². The molecule has 0 aromatic carbocycles. The maximum Gasteiger partial charge on any atom is 0.573 e. The van der Waals surface area contributed by atoms with E-state index in [1.54, 1.807) is 0 Å². The molecule has 0 bridgehead atoms. The Morgan fingerprint density at radius 2 is 2.05 bits per heavy atom. The van der Waals surface area contributed by atoms with Gasteiger partial charge in [-0.05, 0) is 13.0 Å². The van der Waals surface area contributed by atoms with Gasteiger partial charge in [0.15, 0.2) is 5.75 Å². The molecule has 1 saturated heterocycles. The van der Waals surface area contributed by atoms with Crippen LogP contribution in [0.25, 0.3) is 0 Å². The van der Waals surface area contributed by atoms with Gasteiger partial charge in [0.1, 0.15) is 0 Å². The van der Waals surface area contributed by atoms with Gasteiger partial charge in [-0.3, -0.25) is 0 Å². The number of pyridine rings is 1. The van der Waals surface area contributed by atoms with Gasteiger partial charge >= 0.3 is 16.5 Å². The minimum absolute atomic E-state index is 0.0241. The predicted molar refractivity (Wildman–Crippen MR) is 66.4 cm³/mol. The summed E-state index contributed by atoms with van der Waals surface area (Å²) in [4.78, 5) is 3.65. The first kappa shape index (κ1) is 15.8. The van der Waals surface area contributed by atoms with E-state index >= 15 is 0 Å². The standard InChI is InChI=1S/C11H13F3N2O4S/c1-7-9(19-11(12,13)14)2-3-10(16-7)20-21(17,18)6-8-4-15-5-8/h2-3,8,15H,4-6H2,1H3. The highest BCUT2D eigenvalue weighted by atomic mass is 32.2. The zero-order chi connectivity index (χ0) is 15.7. The quantitative estimate of drug-likeness (QED) is 0.820. The number of hydrogen-bond acceptors (Lipinski definition) is 6. The molecule has 0 spiro atoms. The maximum absolute atomic E-state index is 12.1. The lowest BCUT2D eigenvalue weighted by Gasteiger charge is -2.26. The van der Waals surface area contributed by atoms with Gasteiger partial charge in [-0.2, -0.15) is 8.42 Å². The van der Waals surface area contributed by atoms with E-state index in [0.29, 0.717) is 13.1 Å². The molecule has 118 valence electrons. The number of aryl methyl sites for hydroxylation is 1.